The van der Waals surface area contributed by atoms with E-state index in [1.54, 1.807) is 13.8 Å². The van der Waals surface area contributed by atoms with Crippen molar-refractivity contribution in [2.45, 2.75) is 251 Å². The number of carbonyl (C=O) groups excluding carboxylic acids is 8. The summed E-state index contributed by atoms with van der Waals surface area (Å²) in [6, 6.07) is 21.8. The van der Waals surface area contributed by atoms with Crippen LogP contribution in [0, 0.1) is 11.8 Å². The zero-order valence-corrected chi connectivity index (χ0v) is 61.5. The number of phosphoric acid groups is 1. The fraction of sp³-hybridized carbons (Fsp3) is 0.645. The van der Waals surface area contributed by atoms with E-state index in [-0.39, 0.29) is 69.9 Å². The monoisotopic (exact) mass is 1420 g/mol. The minimum Gasteiger partial charge on any atom is -0.756 e. The zero-order chi connectivity index (χ0) is 73.6. The average Bonchev–Trinajstić information content (AvgIpc) is 0.879. The van der Waals surface area contributed by atoms with Crippen LogP contribution in [0.2, 0.25) is 0 Å². The van der Waals surface area contributed by atoms with Crippen molar-refractivity contribution in [2.75, 3.05) is 54.1 Å². The highest BCUT2D eigenvalue weighted by atomic mass is 31.2. The first-order valence-corrected chi connectivity index (χ1v) is 37.7. The molecule has 3 aromatic rings. The Bertz CT molecular complexity index is 2910. The number of benzene rings is 3. The van der Waals surface area contributed by atoms with Gasteiger partial charge in [-0.1, -0.05) is 195 Å². The number of quaternary nitrogens is 1. The van der Waals surface area contributed by atoms with Gasteiger partial charge in [-0.25, -0.2) is 4.79 Å². The first-order chi connectivity index (χ1) is 47.7. The fourth-order valence-electron chi connectivity index (χ4n) is 11.1. The molecule has 0 saturated heterocycles. The molecule has 0 saturated carbocycles. The van der Waals surface area contributed by atoms with Crippen LogP contribution in [0.4, 0.5) is 0 Å². The van der Waals surface area contributed by atoms with Crippen LogP contribution in [0.3, 0.4) is 0 Å². The van der Waals surface area contributed by atoms with Crippen LogP contribution in [0.5, 0.6) is 5.75 Å². The topological polar surface area (TPSA) is 326 Å². The van der Waals surface area contributed by atoms with Crippen molar-refractivity contribution in [1.29, 1.82) is 0 Å². The average molecular weight is 1420 g/mol. The number of ether oxygens (including phenoxy) is 4. The summed E-state index contributed by atoms with van der Waals surface area (Å²) in [5.41, 5.74) is 2.19. The highest BCUT2D eigenvalue weighted by Crippen LogP contribution is 2.38. The molecule has 0 radical (unpaired) electrons. The summed E-state index contributed by atoms with van der Waals surface area (Å²) in [7, 11) is 0.841. The van der Waals surface area contributed by atoms with Crippen LogP contribution in [-0.2, 0) is 95.3 Å². The summed E-state index contributed by atoms with van der Waals surface area (Å²) < 4.78 is 46.5. The lowest BCUT2D eigenvalue weighted by Gasteiger charge is -2.28. The van der Waals surface area contributed by atoms with E-state index in [4.69, 9.17) is 28.0 Å². The van der Waals surface area contributed by atoms with Crippen molar-refractivity contribution >= 4 is 60.8 Å². The van der Waals surface area contributed by atoms with Gasteiger partial charge in [-0.15, -0.1) is 0 Å². The molecule has 560 valence electrons. The number of phenolic OH excluding ortho intramolecular Hbond substituents is 1. The van der Waals surface area contributed by atoms with Gasteiger partial charge in [0.25, 0.3) is 7.82 Å². The minimum absolute atomic E-state index is 0.00165. The van der Waals surface area contributed by atoms with Crippen LogP contribution >= 0.6 is 7.82 Å². The number of ketones is 3. The van der Waals surface area contributed by atoms with Gasteiger partial charge in [0.2, 0.25) is 17.7 Å². The molecular weight excluding hydrogens is 1300 g/mol. The van der Waals surface area contributed by atoms with Gasteiger partial charge >= 0.3 is 17.9 Å². The van der Waals surface area contributed by atoms with Gasteiger partial charge in [0, 0.05) is 44.9 Å². The van der Waals surface area contributed by atoms with Crippen molar-refractivity contribution in [2.24, 2.45) is 11.8 Å². The lowest BCUT2D eigenvalue weighted by atomic mass is 9.93. The maximum atomic E-state index is 14.6. The molecule has 0 aliphatic rings. The SMILES string of the molecule is CCCCCCCCCCCCCCCC(=O)OC[C@H](COP(=O)([O-])OCC[N+](C)(C)C)OC(=O)CCCCCCCCC[C@H](NC(=O)[C@@H](CC(=O)CNC(=O)[C@@H](CC(C)=O)[C@@H](C)OCc1ccccc1)[C@@H](C)OCc1ccccc1)C(=O)CCC(=O)N[C@@H](Cc1ccc(O)cc1)C(=O)O. The van der Waals surface area contributed by atoms with Crippen LogP contribution in [0.1, 0.15) is 218 Å². The first-order valence-electron chi connectivity index (χ1n) is 36.2. The second-order valence-corrected chi connectivity index (χ2v) is 28.7. The van der Waals surface area contributed by atoms with E-state index >= 15 is 0 Å². The Kier molecular flexibility index (Phi) is 44.3. The number of unbranched alkanes of at least 4 members (excludes halogenated alkanes) is 18. The molecule has 0 aliphatic heterocycles. The molecule has 24 heteroatoms. The highest BCUT2D eigenvalue weighted by Gasteiger charge is 2.34. The molecule has 100 heavy (non-hydrogen) atoms. The zero-order valence-electron chi connectivity index (χ0n) is 60.6. The Hall–Kier alpha value is -6.72. The van der Waals surface area contributed by atoms with Gasteiger partial charge in [-0.3, -0.25) is 38.1 Å². The molecule has 0 spiro atoms. The molecule has 23 nitrogen and oxygen atoms in total. The van der Waals surface area contributed by atoms with Crippen LogP contribution < -0.4 is 20.8 Å². The van der Waals surface area contributed by atoms with E-state index in [0.717, 1.165) is 36.8 Å². The number of carboxylic acid groups (broad SMARTS) is 1. The Balaban J connectivity index is 1.65. The van der Waals surface area contributed by atoms with Gasteiger partial charge in [0.05, 0.1) is 77.6 Å². The molecule has 0 aromatic heterocycles. The Morgan fingerprint density at radius 2 is 1.06 bits per heavy atom. The Labute approximate surface area is 593 Å². The molecular formula is C76H117N4O19P. The van der Waals surface area contributed by atoms with E-state index in [9.17, 15) is 62.8 Å². The minimum atomic E-state index is -4.79. The molecule has 5 N–H and O–H groups in total. The largest absolute Gasteiger partial charge is 0.756 e. The number of amides is 3. The molecule has 1 unspecified atom stereocenters. The molecule has 0 aliphatic carbocycles. The lowest BCUT2D eigenvalue weighted by molar-refractivity contribution is -0.870. The molecule has 0 bridgehead atoms. The van der Waals surface area contributed by atoms with Crippen LogP contribution in [0.15, 0.2) is 84.9 Å². The fourth-order valence-corrected chi connectivity index (χ4v) is 11.8. The normalized spacial score (nSPS) is 14.2. The number of nitrogens with one attached hydrogen (secondary N) is 3. The van der Waals surface area contributed by atoms with Crippen LogP contribution in [-0.4, -0.2) is 152 Å². The van der Waals surface area contributed by atoms with Gasteiger partial charge in [0.1, 0.15) is 37.3 Å². The number of aliphatic carboxylic acids is 1. The van der Waals surface area contributed by atoms with Crippen molar-refractivity contribution in [3.63, 3.8) is 0 Å². The number of aromatic hydroxyl groups is 1. The number of esters is 2. The summed E-state index contributed by atoms with van der Waals surface area (Å²) in [5.74, 6) is -7.85. The molecule has 3 aromatic carbocycles. The van der Waals surface area contributed by atoms with E-state index in [1.807, 2.05) is 81.8 Å². The molecule has 3 rings (SSSR count). The number of carboxylic acids is 1. The number of Topliss-reactive ketones (excluding diaryl/α,β-unsaturated/α-hetero) is 3. The van der Waals surface area contributed by atoms with E-state index in [1.165, 1.54) is 89.0 Å². The second kappa shape index (κ2) is 50.6. The van der Waals surface area contributed by atoms with E-state index < -0.39 is 130 Å². The third-order valence-electron chi connectivity index (χ3n) is 17.3. The predicted molar refractivity (Wildman–Crippen MR) is 379 cm³/mol. The number of phenols is 1. The molecule has 8 atom stereocenters. The predicted octanol–water partition coefficient (Wildman–Crippen LogP) is 11.5. The summed E-state index contributed by atoms with van der Waals surface area (Å²) in [6.07, 6.45) is 15.3. The summed E-state index contributed by atoms with van der Waals surface area (Å²) in [4.78, 5) is 133. The summed E-state index contributed by atoms with van der Waals surface area (Å²) in [5, 5.41) is 27.7. The van der Waals surface area contributed by atoms with Gasteiger partial charge < -0.3 is 68.3 Å². The highest BCUT2D eigenvalue weighted by molar-refractivity contribution is 7.45. The summed E-state index contributed by atoms with van der Waals surface area (Å²) >= 11 is 0. The number of phosphoric ester groups is 1. The Morgan fingerprint density at radius 3 is 1.57 bits per heavy atom. The van der Waals surface area contributed by atoms with Gasteiger partial charge in [-0.2, -0.15) is 0 Å². The van der Waals surface area contributed by atoms with Gasteiger partial charge in [0.15, 0.2) is 17.7 Å². The molecule has 3 amide bonds. The Morgan fingerprint density at radius 1 is 0.560 bits per heavy atom. The van der Waals surface area contributed by atoms with Crippen molar-refractivity contribution in [3.8, 4) is 5.75 Å². The maximum absolute atomic E-state index is 14.6. The number of carbonyl (C=O) groups is 9. The number of rotatable bonds is 59. The number of hydrogen-bond donors (Lipinski definition) is 5. The molecule has 0 heterocycles. The molecule has 0 fully saturated rings. The number of hydrogen-bond acceptors (Lipinski definition) is 18. The van der Waals surface area contributed by atoms with Gasteiger partial charge in [-0.05, 0) is 68.9 Å². The third-order valence-corrected chi connectivity index (χ3v) is 18.2. The summed E-state index contributed by atoms with van der Waals surface area (Å²) in [6.45, 7) is 5.91. The van der Waals surface area contributed by atoms with Crippen molar-refractivity contribution < 1.29 is 95.3 Å². The quantitative estimate of drug-likeness (QED) is 0.0152. The number of nitrogens with zero attached hydrogens (tertiary/aromatic N) is 1. The van der Waals surface area contributed by atoms with E-state index in [2.05, 4.69) is 22.9 Å². The van der Waals surface area contributed by atoms with Crippen molar-refractivity contribution in [3.05, 3.63) is 102 Å². The van der Waals surface area contributed by atoms with Crippen LogP contribution in [0.25, 0.3) is 0 Å². The smallest absolute Gasteiger partial charge is 0.326 e. The second-order valence-electron chi connectivity index (χ2n) is 27.3. The van der Waals surface area contributed by atoms with E-state index in [0.29, 0.717) is 61.5 Å². The first kappa shape index (κ1) is 87.5. The maximum Gasteiger partial charge on any atom is 0.326 e. The number of likely N-dealkylation sites (N-methyl/N-ethyl adjacent to an activating group) is 1. The third kappa shape index (κ3) is 41.9. The lowest BCUT2D eigenvalue weighted by Crippen LogP contribution is -2.48. The van der Waals surface area contributed by atoms with Crippen molar-refractivity contribution in [1.82, 2.24) is 16.0 Å². The standard InChI is InChI=1S/C76H117N4O19P/c1-8-9-10-11-12-13-14-15-16-17-20-23-32-39-72(86)96-55-65(56-98-100(92,93)97-48-47-80(5,6)7)99-73(87)40-33-24-21-18-19-22-31-38-68(70(84)45-46-71(85)78-69(76(90)91)50-60-41-43-63(82)44-42-60)79-75(89)67(59(4)95-54-62-36-29-26-30-37-62)51-64(83)52-77-74(88)66(49-57(2)81)58(3)94-53-61-34-27-25-28-35-61/h25-30,34-37,41-44,58-59,65-69H,8-24,31-33,38-40,45-56H2,1-7H3,(H5-,77,78,79,82,85,88,89,90,91,92,93)/t58-,59-,65-,66+,67+,68+,69+/m1/s1.